The Kier molecular flexibility index (Phi) is 20.8. The molecule has 5 aliphatic rings. The molecule has 0 aromatic heterocycles. The average Bonchev–Trinajstić information content (AvgIpc) is 3.27. The van der Waals surface area contributed by atoms with E-state index in [0.717, 1.165) is 0 Å². The molecule has 14 N–H and O–H groups in total. The van der Waals surface area contributed by atoms with Crippen molar-refractivity contribution in [1.29, 1.82) is 0 Å². The van der Waals surface area contributed by atoms with Crippen LogP contribution in [-0.2, 0) is 106 Å². The molecule has 0 saturated carbocycles. The fraction of sp³-hybridized carbons (Fsp3) is 0.970. The molecule has 5 rings (SSSR count). The first kappa shape index (κ1) is 62.1. The highest BCUT2D eigenvalue weighted by Crippen LogP contribution is 2.40. The summed E-state index contributed by atoms with van der Waals surface area (Å²) in [6, 6.07) is -1.77. The summed E-state index contributed by atoms with van der Waals surface area (Å²) in [6.07, 6.45) is -42.0. The highest BCUT2D eigenvalue weighted by molar-refractivity contribution is 7.81. The lowest BCUT2D eigenvalue weighted by molar-refractivity contribution is -0.376. The quantitative estimate of drug-likeness (QED) is 0.0375. The number of carboxylic acids is 1. The van der Waals surface area contributed by atoms with Gasteiger partial charge in [-0.1, -0.05) is 20.8 Å². The van der Waals surface area contributed by atoms with Gasteiger partial charge >= 0.3 is 47.6 Å². The molecule has 0 radical (unpaired) electrons. The van der Waals surface area contributed by atoms with Gasteiger partial charge in [0.25, 0.3) is 0 Å². The Labute approximate surface area is 415 Å². The summed E-state index contributed by atoms with van der Waals surface area (Å²) < 4.78 is 199. The van der Waals surface area contributed by atoms with Gasteiger partial charge in [0, 0.05) is 11.8 Å². The molecule has 36 nitrogen and oxygen atoms in total. The molecule has 25 atom stereocenters. The summed E-state index contributed by atoms with van der Waals surface area (Å²) in [5.74, 6) is -5.04. The maximum absolute atomic E-state index is 12.6. The number of rotatable bonds is 21. The van der Waals surface area contributed by atoms with Crippen molar-refractivity contribution in [3.63, 3.8) is 0 Å². The van der Waals surface area contributed by atoms with Crippen molar-refractivity contribution in [2.24, 2.45) is 23.5 Å². The molecule has 0 aromatic rings. The Bertz CT molecular complexity index is 2300. The first-order chi connectivity index (χ1) is 33.5. The van der Waals surface area contributed by atoms with Crippen molar-refractivity contribution >= 4 is 47.6 Å². The van der Waals surface area contributed by atoms with Gasteiger partial charge < -0.3 is 94.8 Å². The Morgan fingerprint density at radius 3 is 1.52 bits per heavy atom. The third-order valence-corrected chi connectivity index (χ3v) is 14.3. The molecule has 5 saturated heterocycles. The summed E-state index contributed by atoms with van der Waals surface area (Å²) in [5.41, 5.74) is 7.26. The zero-order chi connectivity index (χ0) is 55.0. The van der Waals surface area contributed by atoms with E-state index in [4.69, 9.17) is 57.5 Å². The lowest BCUT2D eigenvalue weighted by Gasteiger charge is -2.51. The van der Waals surface area contributed by atoms with Crippen molar-refractivity contribution in [3.05, 3.63) is 5.21 Å². The first-order valence-electron chi connectivity index (χ1n) is 21.4. The van der Waals surface area contributed by atoms with Gasteiger partial charge in [-0.25, -0.2) is 21.5 Å². The number of aliphatic hydroxyl groups excluding tert-OH is 6. The lowest BCUT2D eigenvalue weighted by Crippen LogP contribution is -2.68. The largest absolute Gasteiger partial charge is 0.786 e. The van der Waals surface area contributed by atoms with Gasteiger partial charge in [0.2, 0.25) is 0 Å². The Hall–Kier alpha value is -1.77. The number of carbonyl (C=O) groups is 1. The standard InChI is InChI=1S/C33H57N2O34S4/c1-8-9(2)30(66-25-21(41)26(69-73(54,55)56)33(68-28(25)35-44)64-23-14(7-59-72(51,52)53)60-11(4)10(3)16(23)36)62-13(6-58-71(48,49)50)22(8)63-32-20(40)19(39)24(27(67-32)29(42)43)65-31-15(34)18(38)17(37)12(61-31)5-57-70(45,46)47/h8-28,30-33,35-41H,5-7,34H2,1-4H3,(H,42,43)(H,45,46,47)(H,48,49,50)(H,51,52,53)(H,54,55,56)/q-1/t8-,9?,10?,11-,12?,13?,14?,15?,16-,17-,18-,19-,20?,21?,22+,23-,24+,25+,26?,27?,28-,30-,31-,32-,33-/m1/s1. The summed E-state index contributed by atoms with van der Waals surface area (Å²) in [7, 11) is -21.2. The fourth-order valence-corrected chi connectivity index (χ4v) is 9.76. The van der Waals surface area contributed by atoms with E-state index in [1.807, 2.05) is 0 Å². The van der Waals surface area contributed by atoms with Crippen LogP contribution in [0.1, 0.15) is 27.7 Å². The van der Waals surface area contributed by atoms with Crippen LogP contribution in [0.3, 0.4) is 0 Å². The van der Waals surface area contributed by atoms with Crippen LogP contribution >= 0.6 is 0 Å². The van der Waals surface area contributed by atoms with Gasteiger partial charge in [-0.15, -0.1) is 0 Å². The van der Waals surface area contributed by atoms with Gasteiger partial charge in [0.05, 0.1) is 44.2 Å². The average molecular weight is 1150 g/mol. The van der Waals surface area contributed by atoms with E-state index in [2.05, 4.69) is 16.7 Å². The number of ether oxygens (including phenoxy) is 9. The maximum Gasteiger partial charge on any atom is 0.397 e. The minimum Gasteiger partial charge on any atom is -0.786 e. The number of nitrogens with two attached hydrogens (primary N) is 1. The molecule has 10 unspecified atom stereocenters. The maximum atomic E-state index is 12.6. The van der Waals surface area contributed by atoms with Crippen LogP contribution in [0, 0.1) is 23.0 Å². The predicted molar refractivity (Wildman–Crippen MR) is 223 cm³/mol. The van der Waals surface area contributed by atoms with Crippen molar-refractivity contribution in [3.8, 4) is 0 Å². The van der Waals surface area contributed by atoms with Crippen molar-refractivity contribution in [1.82, 2.24) is 5.48 Å². The highest BCUT2D eigenvalue weighted by Gasteiger charge is 2.57. The molecule has 5 heterocycles. The fourth-order valence-electron chi connectivity index (χ4n) is 8.35. The van der Waals surface area contributed by atoms with Crippen LogP contribution < -0.4 is 11.2 Å². The second-order valence-corrected chi connectivity index (χ2v) is 21.7. The molecule has 73 heavy (non-hydrogen) atoms. The van der Waals surface area contributed by atoms with Gasteiger partial charge in [-0.05, 0) is 12.8 Å². The normalized spacial score (nSPS) is 44.4. The molecule has 5 fully saturated rings. The van der Waals surface area contributed by atoms with Crippen molar-refractivity contribution in [2.45, 2.75) is 163 Å². The van der Waals surface area contributed by atoms with E-state index in [0.29, 0.717) is 0 Å². The number of carboxylic acid groups (broad SMARTS) is 1. The highest BCUT2D eigenvalue weighted by atomic mass is 32.3. The topological polar surface area (TPSA) is 557 Å². The molecule has 40 heteroatoms. The smallest absolute Gasteiger partial charge is 0.397 e. The third-order valence-electron chi connectivity index (χ3n) is 12.5. The second kappa shape index (κ2) is 24.5. The number of hydrogen-bond acceptors (Lipinski definition) is 31. The van der Waals surface area contributed by atoms with E-state index < -0.39 is 220 Å². The SMILES string of the molecule is CC1[C@@H](O[C@H]2C(O)C(OS(=O)(=O)O)[C@H](O[C@@H]3C(COS(=O)(=O)O)O[C@H](C)C(C)[C@H]3O)O[C@H]2N[O-])OC(COS(=O)(=O)O)[C@@H](O[C@@H]2OC(C(=O)O)[C@@H](O[C@H]3OC(COS(=O)(=O)O)[C@@H](O)[C@H](O)C3N)[C@H](O)C2O)[C@@H]1C. The van der Waals surface area contributed by atoms with Crippen LogP contribution in [0.4, 0.5) is 0 Å². The minimum atomic E-state index is -5.61. The molecule has 0 spiro atoms. The van der Waals surface area contributed by atoms with Crippen LogP contribution in [0.5, 0.6) is 0 Å². The van der Waals surface area contributed by atoms with Crippen LogP contribution in [-0.4, -0.2) is 249 Å². The minimum absolute atomic E-state index is 0.833. The molecule has 0 aromatic carbocycles. The summed E-state index contributed by atoms with van der Waals surface area (Å²) >= 11 is 0. The van der Waals surface area contributed by atoms with Crippen LogP contribution in [0.25, 0.3) is 0 Å². The van der Waals surface area contributed by atoms with Gasteiger partial charge in [-0.2, -0.15) is 33.7 Å². The molecular weight excluding hydrogens is 1100 g/mol. The van der Waals surface area contributed by atoms with E-state index >= 15 is 0 Å². The zero-order valence-electron chi connectivity index (χ0n) is 38.1. The first-order valence-corrected chi connectivity index (χ1v) is 26.8. The number of aliphatic hydroxyl groups is 6. The van der Waals surface area contributed by atoms with Crippen LogP contribution in [0.2, 0.25) is 0 Å². The van der Waals surface area contributed by atoms with E-state index in [-0.39, 0.29) is 0 Å². The van der Waals surface area contributed by atoms with Gasteiger partial charge in [0.15, 0.2) is 37.4 Å². The Balaban J connectivity index is 1.37. The van der Waals surface area contributed by atoms with E-state index in [1.54, 1.807) is 0 Å². The zero-order valence-corrected chi connectivity index (χ0v) is 41.3. The van der Waals surface area contributed by atoms with Gasteiger partial charge in [-0.3, -0.25) is 18.2 Å². The van der Waals surface area contributed by atoms with E-state index in [9.17, 15) is 88.5 Å². The summed E-state index contributed by atoms with van der Waals surface area (Å²) in [5, 5.41) is 88.6. The monoisotopic (exact) mass is 1150 g/mol. The van der Waals surface area contributed by atoms with E-state index in [1.165, 1.54) is 33.2 Å². The number of hydrogen-bond donors (Lipinski definition) is 13. The number of aliphatic carboxylic acids is 1. The second-order valence-electron chi connectivity index (χ2n) is 17.4. The Morgan fingerprint density at radius 1 is 0.507 bits per heavy atom. The van der Waals surface area contributed by atoms with Crippen LogP contribution in [0.15, 0.2) is 0 Å². The molecule has 0 bridgehead atoms. The lowest BCUT2D eigenvalue weighted by atomic mass is 9.84. The predicted octanol–water partition coefficient (Wildman–Crippen LogP) is -7.61. The third kappa shape index (κ3) is 15.9. The number of hydroxylamine groups is 1. The Morgan fingerprint density at radius 2 is 1.00 bits per heavy atom. The number of nitrogens with one attached hydrogen (secondary N) is 1. The summed E-state index contributed by atoms with van der Waals surface area (Å²) in [6.45, 7) is 2.21. The summed E-state index contributed by atoms with van der Waals surface area (Å²) in [4.78, 5) is 12.6. The molecule has 0 amide bonds. The molecule has 0 aliphatic carbocycles. The van der Waals surface area contributed by atoms with Gasteiger partial charge in [0.1, 0.15) is 73.4 Å². The van der Waals surface area contributed by atoms with Crippen molar-refractivity contribution in [2.75, 3.05) is 19.8 Å². The molecule has 5 aliphatic heterocycles. The van der Waals surface area contributed by atoms with Crippen molar-refractivity contribution < 1.29 is 152 Å². The molecular formula is C33H57N2O34S4-. The molecule has 428 valence electrons.